The molecule has 1 fully saturated rings. The molecule has 14 heavy (non-hydrogen) atoms. The van der Waals surface area contributed by atoms with Gasteiger partial charge in [0.05, 0.1) is 6.42 Å². The number of hydrogen-bond acceptors (Lipinski definition) is 2. The molecule has 0 aromatic carbocycles. The summed E-state index contributed by atoms with van der Waals surface area (Å²) in [6.07, 6.45) is 5.36. The van der Waals surface area contributed by atoms with Gasteiger partial charge in [0.25, 0.3) is 0 Å². The molecule has 3 heteroatoms. The third-order valence-corrected chi connectivity index (χ3v) is 3.39. The van der Waals surface area contributed by atoms with E-state index in [2.05, 4.69) is 18.9 Å². The molecular weight excluding hydrogens is 178 g/mol. The van der Waals surface area contributed by atoms with Crippen molar-refractivity contribution >= 4 is 5.97 Å². The fourth-order valence-corrected chi connectivity index (χ4v) is 2.51. The van der Waals surface area contributed by atoms with E-state index in [1.807, 2.05) is 0 Å². The molecule has 0 bridgehead atoms. The van der Waals surface area contributed by atoms with Gasteiger partial charge in [-0.15, -0.1) is 0 Å². The lowest BCUT2D eigenvalue weighted by molar-refractivity contribution is -0.137. The Kier molecular flexibility index (Phi) is 4.39. The lowest BCUT2D eigenvalue weighted by Gasteiger charge is -2.28. The molecule has 1 aliphatic rings. The van der Waals surface area contributed by atoms with Gasteiger partial charge in [-0.05, 0) is 25.8 Å². The van der Waals surface area contributed by atoms with Gasteiger partial charge in [0, 0.05) is 12.6 Å². The summed E-state index contributed by atoms with van der Waals surface area (Å²) < 4.78 is 0. The smallest absolute Gasteiger partial charge is 0.304 e. The molecule has 0 aromatic rings. The zero-order valence-corrected chi connectivity index (χ0v) is 9.20. The molecule has 2 atom stereocenters. The summed E-state index contributed by atoms with van der Waals surface area (Å²) in [6, 6.07) is 0.624. The van der Waals surface area contributed by atoms with Crippen LogP contribution in [-0.2, 0) is 4.79 Å². The summed E-state index contributed by atoms with van der Waals surface area (Å²) in [5, 5.41) is 8.60. The average molecular weight is 199 g/mol. The third-order valence-electron chi connectivity index (χ3n) is 3.39. The van der Waals surface area contributed by atoms with Crippen LogP contribution >= 0.6 is 0 Å². The first kappa shape index (κ1) is 11.5. The lowest BCUT2D eigenvalue weighted by Crippen LogP contribution is -2.35. The summed E-state index contributed by atoms with van der Waals surface area (Å²) in [7, 11) is 2.06. The zero-order chi connectivity index (χ0) is 10.6. The van der Waals surface area contributed by atoms with E-state index in [0.717, 1.165) is 5.92 Å². The Balaban J connectivity index is 2.35. The van der Waals surface area contributed by atoms with Gasteiger partial charge < -0.3 is 10.0 Å². The van der Waals surface area contributed by atoms with Gasteiger partial charge in [-0.25, -0.2) is 0 Å². The monoisotopic (exact) mass is 199 g/mol. The van der Waals surface area contributed by atoms with Crippen LogP contribution in [0.15, 0.2) is 0 Å². The number of aliphatic carboxylic acids is 1. The van der Waals surface area contributed by atoms with Crippen LogP contribution < -0.4 is 0 Å². The van der Waals surface area contributed by atoms with Crippen molar-refractivity contribution in [2.24, 2.45) is 5.92 Å². The van der Waals surface area contributed by atoms with Crippen molar-refractivity contribution in [3.8, 4) is 0 Å². The Morgan fingerprint density at radius 3 is 2.79 bits per heavy atom. The van der Waals surface area contributed by atoms with Crippen molar-refractivity contribution in [2.75, 3.05) is 13.6 Å². The summed E-state index contributed by atoms with van der Waals surface area (Å²) in [4.78, 5) is 12.7. The van der Waals surface area contributed by atoms with Crippen molar-refractivity contribution in [2.45, 2.75) is 45.1 Å². The fourth-order valence-electron chi connectivity index (χ4n) is 2.51. The van der Waals surface area contributed by atoms with Crippen LogP contribution in [0, 0.1) is 5.92 Å². The van der Waals surface area contributed by atoms with E-state index >= 15 is 0 Å². The molecule has 1 aliphatic carbocycles. The van der Waals surface area contributed by atoms with E-state index in [4.69, 9.17) is 5.11 Å². The molecule has 1 N–H and O–H groups in total. The molecule has 82 valence electrons. The van der Waals surface area contributed by atoms with Gasteiger partial charge in [0.2, 0.25) is 0 Å². The number of hydrogen-bond donors (Lipinski definition) is 1. The highest BCUT2D eigenvalue weighted by Gasteiger charge is 2.28. The minimum Gasteiger partial charge on any atom is -0.481 e. The molecule has 2 unspecified atom stereocenters. The van der Waals surface area contributed by atoms with Gasteiger partial charge in [-0.1, -0.05) is 19.8 Å². The van der Waals surface area contributed by atoms with E-state index < -0.39 is 5.97 Å². The van der Waals surface area contributed by atoms with E-state index in [1.54, 1.807) is 0 Å². The van der Waals surface area contributed by atoms with Crippen LogP contribution in [0.25, 0.3) is 0 Å². The summed E-state index contributed by atoms with van der Waals surface area (Å²) in [6.45, 7) is 2.92. The van der Waals surface area contributed by atoms with Crippen molar-refractivity contribution < 1.29 is 9.90 Å². The van der Waals surface area contributed by atoms with Gasteiger partial charge in [0.1, 0.15) is 0 Å². The highest BCUT2D eigenvalue weighted by Crippen LogP contribution is 2.31. The topological polar surface area (TPSA) is 40.5 Å². The fraction of sp³-hybridized carbons (Fsp3) is 0.909. The molecule has 0 saturated heterocycles. The minimum absolute atomic E-state index is 0.267. The normalized spacial score (nSPS) is 27.1. The van der Waals surface area contributed by atoms with Gasteiger partial charge in [0.15, 0.2) is 0 Å². The predicted octanol–water partition coefficient (Wildman–Crippen LogP) is 1.97. The minimum atomic E-state index is -0.692. The molecule has 0 radical (unpaired) electrons. The largest absolute Gasteiger partial charge is 0.481 e. The summed E-state index contributed by atoms with van der Waals surface area (Å²) in [5.41, 5.74) is 0. The Morgan fingerprint density at radius 1 is 1.50 bits per heavy atom. The first-order chi connectivity index (χ1) is 6.65. The Morgan fingerprint density at radius 2 is 2.21 bits per heavy atom. The predicted molar refractivity (Wildman–Crippen MR) is 56.3 cm³/mol. The second-order valence-electron chi connectivity index (χ2n) is 4.29. The van der Waals surface area contributed by atoms with E-state index in [0.29, 0.717) is 12.6 Å². The maximum atomic E-state index is 10.4. The van der Waals surface area contributed by atoms with Crippen molar-refractivity contribution in [1.29, 1.82) is 0 Å². The molecule has 1 saturated carbocycles. The van der Waals surface area contributed by atoms with E-state index in [9.17, 15) is 4.79 Å². The molecule has 3 nitrogen and oxygen atoms in total. The van der Waals surface area contributed by atoms with E-state index in [1.165, 1.54) is 25.7 Å². The molecule has 0 aliphatic heterocycles. The second kappa shape index (κ2) is 5.35. The number of nitrogens with zero attached hydrogens (tertiary/aromatic N) is 1. The second-order valence-corrected chi connectivity index (χ2v) is 4.29. The molecule has 0 heterocycles. The molecular formula is C11H21NO2. The van der Waals surface area contributed by atoms with Crippen LogP contribution in [0.3, 0.4) is 0 Å². The highest BCUT2D eigenvalue weighted by molar-refractivity contribution is 5.66. The standard InChI is InChI=1S/C11H21NO2/c1-3-9-5-4-6-10(9)12(2)8-7-11(13)14/h9-10H,3-8H2,1-2H3,(H,13,14). The number of rotatable bonds is 5. The summed E-state index contributed by atoms with van der Waals surface area (Å²) in [5.74, 6) is 0.0942. The lowest BCUT2D eigenvalue weighted by atomic mass is 9.99. The maximum Gasteiger partial charge on any atom is 0.304 e. The van der Waals surface area contributed by atoms with Crippen LogP contribution in [-0.4, -0.2) is 35.6 Å². The average Bonchev–Trinajstić information content (AvgIpc) is 2.61. The molecule has 1 rings (SSSR count). The van der Waals surface area contributed by atoms with Gasteiger partial charge in [-0.3, -0.25) is 4.79 Å². The van der Waals surface area contributed by atoms with Gasteiger partial charge in [-0.2, -0.15) is 0 Å². The Labute approximate surface area is 86.1 Å². The van der Waals surface area contributed by atoms with Crippen LogP contribution in [0.5, 0.6) is 0 Å². The Bertz CT molecular complexity index is 194. The van der Waals surface area contributed by atoms with Crippen LogP contribution in [0.1, 0.15) is 39.0 Å². The molecule has 0 amide bonds. The zero-order valence-electron chi connectivity index (χ0n) is 9.20. The third kappa shape index (κ3) is 2.98. The first-order valence-corrected chi connectivity index (χ1v) is 5.57. The molecule has 0 aromatic heterocycles. The quantitative estimate of drug-likeness (QED) is 0.736. The van der Waals surface area contributed by atoms with Crippen molar-refractivity contribution in [3.05, 3.63) is 0 Å². The van der Waals surface area contributed by atoms with E-state index in [-0.39, 0.29) is 6.42 Å². The molecule has 0 spiro atoms. The number of carboxylic acid groups (broad SMARTS) is 1. The summed E-state index contributed by atoms with van der Waals surface area (Å²) >= 11 is 0. The number of carboxylic acids is 1. The highest BCUT2D eigenvalue weighted by atomic mass is 16.4. The Hall–Kier alpha value is -0.570. The first-order valence-electron chi connectivity index (χ1n) is 5.57. The van der Waals surface area contributed by atoms with Crippen LogP contribution in [0.2, 0.25) is 0 Å². The van der Waals surface area contributed by atoms with Gasteiger partial charge >= 0.3 is 5.97 Å². The number of carbonyl (C=O) groups is 1. The van der Waals surface area contributed by atoms with Crippen molar-refractivity contribution in [1.82, 2.24) is 4.90 Å². The maximum absolute atomic E-state index is 10.4. The van der Waals surface area contributed by atoms with Crippen molar-refractivity contribution in [3.63, 3.8) is 0 Å². The van der Waals surface area contributed by atoms with Crippen LogP contribution in [0.4, 0.5) is 0 Å². The SMILES string of the molecule is CCC1CCCC1N(C)CCC(=O)O.